The quantitative estimate of drug-likeness (QED) is 0.861. The molecule has 0 aliphatic heterocycles. The second kappa shape index (κ2) is 5.68. The van der Waals surface area contributed by atoms with Gasteiger partial charge in [-0.3, -0.25) is 4.68 Å². The van der Waals surface area contributed by atoms with Gasteiger partial charge in [-0.1, -0.05) is 6.92 Å². The first kappa shape index (κ1) is 13.5. The van der Waals surface area contributed by atoms with E-state index in [0.717, 1.165) is 6.07 Å². The summed E-state index contributed by atoms with van der Waals surface area (Å²) >= 11 is 0. The molecule has 0 aromatic carbocycles. The molecule has 7 heteroatoms. The number of nitrogens with one attached hydrogen (secondary N) is 1. The number of aromatic nitrogens is 2. The molecule has 0 spiro atoms. The lowest BCUT2D eigenvalue weighted by Crippen LogP contribution is -2.28. The van der Waals surface area contributed by atoms with E-state index in [2.05, 4.69) is 10.4 Å². The van der Waals surface area contributed by atoms with Crippen LogP contribution in [0.2, 0.25) is 0 Å². The van der Waals surface area contributed by atoms with Gasteiger partial charge in [0.2, 0.25) is 0 Å². The first-order valence-corrected chi connectivity index (χ1v) is 5.21. The van der Waals surface area contributed by atoms with Gasteiger partial charge in [-0.15, -0.1) is 0 Å². The van der Waals surface area contributed by atoms with Crippen LogP contribution in [0.25, 0.3) is 0 Å². The molecule has 0 bridgehead atoms. The molecule has 94 valence electrons. The Labute approximate surface area is 97.0 Å². The maximum absolute atomic E-state index is 12.2. The number of hydrogen-bond acceptors (Lipinski definition) is 3. The number of aryl methyl sites for hydroxylation is 1. The van der Waals surface area contributed by atoms with E-state index in [-0.39, 0.29) is 12.6 Å². The van der Waals surface area contributed by atoms with Crippen molar-refractivity contribution in [3.05, 3.63) is 18.0 Å². The van der Waals surface area contributed by atoms with E-state index in [4.69, 9.17) is 5.26 Å². The average Bonchev–Trinajstić information content (AvgIpc) is 2.72. The average molecular weight is 246 g/mol. The Balaban J connectivity index is 2.53. The number of halogens is 3. The summed E-state index contributed by atoms with van der Waals surface area (Å²) in [5.74, 6) is 0. The van der Waals surface area contributed by atoms with Crippen LogP contribution in [-0.2, 0) is 12.7 Å². The first-order valence-electron chi connectivity index (χ1n) is 5.21. The maximum Gasteiger partial charge on any atom is 0.435 e. The van der Waals surface area contributed by atoms with Gasteiger partial charge in [0.1, 0.15) is 0 Å². The molecule has 1 atom stereocenters. The zero-order chi connectivity index (χ0) is 12.9. The second-order valence-electron chi connectivity index (χ2n) is 3.49. The highest BCUT2D eigenvalue weighted by Crippen LogP contribution is 2.27. The van der Waals surface area contributed by atoms with Crippen LogP contribution in [0, 0.1) is 11.3 Å². The van der Waals surface area contributed by atoms with E-state index in [9.17, 15) is 13.2 Å². The third kappa shape index (κ3) is 4.07. The molecule has 17 heavy (non-hydrogen) atoms. The van der Waals surface area contributed by atoms with Gasteiger partial charge >= 0.3 is 6.18 Å². The van der Waals surface area contributed by atoms with Gasteiger partial charge in [0.05, 0.1) is 12.1 Å². The molecule has 1 unspecified atom stereocenters. The minimum Gasteiger partial charge on any atom is -0.302 e. The summed E-state index contributed by atoms with van der Waals surface area (Å²) in [4.78, 5) is 0. The van der Waals surface area contributed by atoms with E-state index < -0.39 is 11.9 Å². The van der Waals surface area contributed by atoms with Crippen LogP contribution < -0.4 is 5.32 Å². The smallest absolute Gasteiger partial charge is 0.302 e. The molecule has 1 aromatic heterocycles. The number of nitrogens with zero attached hydrogens (tertiary/aromatic N) is 3. The topological polar surface area (TPSA) is 53.6 Å². The van der Waals surface area contributed by atoms with Gasteiger partial charge in [-0.05, 0) is 19.0 Å². The minimum absolute atomic E-state index is 0.279. The largest absolute Gasteiger partial charge is 0.435 e. The summed E-state index contributed by atoms with van der Waals surface area (Å²) in [5.41, 5.74) is -0.908. The molecular weight excluding hydrogens is 233 g/mol. The molecule has 0 aliphatic rings. The van der Waals surface area contributed by atoms with Crippen LogP contribution in [0.5, 0.6) is 0 Å². The molecule has 0 saturated carbocycles. The van der Waals surface area contributed by atoms with Crippen LogP contribution in [0.4, 0.5) is 13.2 Å². The van der Waals surface area contributed by atoms with E-state index in [1.807, 2.05) is 13.0 Å². The van der Waals surface area contributed by atoms with Gasteiger partial charge < -0.3 is 5.32 Å². The van der Waals surface area contributed by atoms with Crippen LogP contribution in [0.1, 0.15) is 19.0 Å². The fourth-order valence-corrected chi connectivity index (χ4v) is 1.36. The van der Waals surface area contributed by atoms with Crippen LogP contribution in [-0.4, -0.2) is 22.4 Å². The summed E-state index contributed by atoms with van der Waals surface area (Å²) in [7, 11) is 0. The highest BCUT2D eigenvalue weighted by molar-refractivity contribution is 5.03. The molecule has 1 heterocycles. The normalized spacial score (nSPS) is 13.4. The van der Waals surface area contributed by atoms with Gasteiger partial charge in [-0.25, -0.2) is 0 Å². The lowest BCUT2D eigenvalue weighted by Gasteiger charge is -2.09. The van der Waals surface area contributed by atoms with Crippen molar-refractivity contribution < 1.29 is 13.2 Å². The SMILES string of the molecule is CCNC(C#N)CCn1ccc(C(F)(F)F)n1. The van der Waals surface area contributed by atoms with Crippen molar-refractivity contribution in [2.45, 2.75) is 32.1 Å². The molecule has 0 amide bonds. The van der Waals surface area contributed by atoms with Crippen molar-refractivity contribution in [3.8, 4) is 6.07 Å². The zero-order valence-corrected chi connectivity index (χ0v) is 9.33. The fraction of sp³-hybridized carbons (Fsp3) is 0.600. The minimum atomic E-state index is -4.42. The van der Waals surface area contributed by atoms with Gasteiger partial charge in [0, 0.05) is 12.7 Å². The van der Waals surface area contributed by atoms with Crippen molar-refractivity contribution in [1.82, 2.24) is 15.1 Å². The van der Waals surface area contributed by atoms with Crippen molar-refractivity contribution >= 4 is 0 Å². The van der Waals surface area contributed by atoms with Crippen molar-refractivity contribution in [2.75, 3.05) is 6.54 Å². The third-order valence-electron chi connectivity index (χ3n) is 2.18. The van der Waals surface area contributed by atoms with Gasteiger partial charge in [0.25, 0.3) is 0 Å². The van der Waals surface area contributed by atoms with Crippen LogP contribution >= 0.6 is 0 Å². The molecular formula is C10H13F3N4. The maximum atomic E-state index is 12.2. The standard InChI is InChI=1S/C10H13F3N4/c1-2-15-8(7-14)3-5-17-6-4-9(16-17)10(11,12)13/h4,6,8,15H,2-3,5H2,1H3. The molecule has 0 aliphatic carbocycles. The Morgan fingerprint density at radius 3 is 2.76 bits per heavy atom. The Morgan fingerprint density at radius 2 is 2.29 bits per heavy atom. The third-order valence-corrected chi connectivity index (χ3v) is 2.18. The van der Waals surface area contributed by atoms with E-state index in [1.54, 1.807) is 0 Å². The van der Waals surface area contributed by atoms with Crippen LogP contribution in [0.3, 0.4) is 0 Å². The molecule has 1 N–H and O–H groups in total. The monoisotopic (exact) mass is 246 g/mol. The summed E-state index contributed by atoms with van der Waals surface area (Å²) in [6.07, 6.45) is -2.73. The number of rotatable bonds is 5. The predicted molar refractivity (Wildman–Crippen MR) is 54.9 cm³/mol. The number of hydrogen-bond donors (Lipinski definition) is 1. The predicted octanol–water partition coefficient (Wildman–Crippen LogP) is 1.79. The van der Waals surface area contributed by atoms with Gasteiger partial charge in [-0.2, -0.15) is 23.5 Å². The molecule has 0 fully saturated rings. The van der Waals surface area contributed by atoms with E-state index in [0.29, 0.717) is 13.0 Å². The summed E-state index contributed by atoms with van der Waals surface area (Å²) in [5, 5.41) is 15.1. The van der Waals surface area contributed by atoms with Crippen molar-refractivity contribution in [2.24, 2.45) is 0 Å². The Bertz CT molecular complexity index is 391. The van der Waals surface area contributed by atoms with E-state index in [1.165, 1.54) is 10.9 Å². The molecule has 0 radical (unpaired) electrons. The van der Waals surface area contributed by atoms with Crippen molar-refractivity contribution in [3.63, 3.8) is 0 Å². The molecule has 1 aromatic rings. The second-order valence-corrected chi connectivity index (χ2v) is 3.49. The fourth-order valence-electron chi connectivity index (χ4n) is 1.36. The highest BCUT2D eigenvalue weighted by atomic mass is 19.4. The molecule has 1 rings (SSSR count). The highest BCUT2D eigenvalue weighted by Gasteiger charge is 2.33. The lowest BCUT2D eigenvalue weighted by molar-refractivity contribution is -0.141. The first-order chi connectivity index (χ1) is 7.97. The molecule has 4 nitrogen and oxygen atoms in total. The zero-order valence-electron chi connectivity index (χ0n) is 9.33. The lowest BCUT2D eigenvalue weighted by atomic mass is 10.2. The number of nitriles is 1. The Morgan fingerprint density at radius 1 is 1.59 bits per heavy atom. The Kier molecular flexibility index (Phi) is 4.52. The van der Waals surface area contributed by atoms with E-state index >= 15 is 0 Å². The van der Waals surface area contributed by atoms with Crippen LogP contribution in [0.15, 0.2) is 12.3 Å². The summed E-state index contributed by atoms with van der Waals surface area (Å²) < 4.78 is 37.9. The van der Waals surface area contributed by atoms with Crippen molar-refractivity contribution in [1.29, 1.82) is 5.26 Å². The summed E-state index contributed by atoms with van der Waals surface area (Å²) in [6, 6.07) is 2.60. The Hall–Kier alpha value is -1.55. The molecule has 0 saturated heterocycles. The summed E-state index contributed by atoms with van der Waals surface area (Å²) in [6.45, 7) is 2.78. The van der Waals surface area contributed by atoms with Gasteiger partial charge in [0.15, 0.2) is 5.69 Å². The number of alkyl halides is 3.